The van der Waals surface area contributed by atoms with Crippen molar-refractivity contribution in [1.29, 1.82) is 0 Å². The van der Waals surface area contributed by atoms with E-state index in [0.29, 0.717) is 6.42 Å². The second kappa shape index (κ2) is 6.31. The molecular weight excluding hydrogens is 240 g/mol. The largest absolute Gasteiger partial charge is 0.334 e. The van der Waals surface area contributed by atoms with Gasteiger partial charge in [0.05, 0.1) is 5.52 Å². The number of nitrogens with zero attached hydrogens (tertiary/aromatic N) is 3. The van der Waals surface area contributed by atoms with E-state index >= 15 is 0 Å². The fourth-order valence-electron chi connectivity index (χ4n) is 2.06. The van der Waals surface area contributed by atoms with Crippen molar-refractivity contribution in [3.05, 3.63) is 24.3 Å². The van der Waals surface area contributed by atoms with Crippen molar-refractivity contribution in [2.45, 2.75) is 45.7 Å². The summed E-state index contributed by atoms with van der Waals surface area (Å²) in [5.74, 6) is 0.0423. The Morgan fingerprint density at radius 2 is 2.16 bits per heavy atom. The summed E-state index contributed by atoms with van der Waals surface area (Å²) in [4.78, 5) is 11.6. The van der Waals surface area contributed by atoms with Crippen LogP contribution in [0.5, 0.6) is 0 Å². The van der Waals surface area contributed by atoms with Crippen LogP contribution >= 0.6 is 0 Å². The highest BCUT2D eigenvalue weighted by molar-refractivity contribution is 5.77. The van der Waals surface area contributed by atoms with Crippen molar-refractivity contribution in [2.24, 2.45) is 0 Å². The molecule has 0 saturated heterocycles. The van der Waals surface area contributed by atoms with E-state index in [4.69, 9.17) is 0 Å². The highest BCUT2D eigenvalue weighted by Gasteiger charge is 2.16. The average molecular weight is 260 g/mol. The molecule has 19 heavy (non-hydrogen) atoms. The van der Waals surface area contributed by atoms with Crippen LogP contribution in [-0.4, -0.2) is 20.9 Å². The van der Waals surface area contributed by atoms with E-state index in [1.807, 2.05) is 35.9 Å². The smallest absolute Gasteiger partial charge is 0.221 e. The summed E-state index contributed by atoms with van der Waals surface area (Å²) in [5, 5.41) is 11.3. The molecule has 1 aromatic carbocycles. The van der Waals surface area contributed by atoms with Gasteiger partial charge in [0.2, 0.25) is 5.91 Å². The van der Waals surface area contributed by atoms with Gasteiger partial charge in [-0.3, -0.25) is 4.79 Å². The second-order valence-electron chi connectivity index (χ2n) is 4.60. The maximum atomic E-state index is 11.6. The molecule has 0 aliphatic heterocycles. The molecule has 1 heterocycles. The maximum Gasteiger partial charge on any atom is 0.221 e. The van der Waals surface area contributed by atoms with Gasteiger partial charge in [0.1, 0.15) is 11.7 Å². The number of hydrogen-bond donors (Lipinski definition) is 1. The number of rotatable bonds is 6. The molecular formula is C14H20N4O. The number of benzene rings is 1. The van der Waals surface area contributed by atoms with Gasteiger partial charge in [-0.05, 0) is 25.0 Å². The van der Waals surface area contributed by atoms with E-state index in [0.717, 1.165) is 30.3 Å². The van der Waals surface area contributed by atoms with E-state index in [1.165, 1.54) is 0 Å². The van der Waals surface area contributed by atoms with E-state index in [-0.39, 0.29) is 12.1 Å². The molecule has 2 aromatic rings. The molecule has 0 fully saturated rings. The lowest BCUT2D eigenvalue weighted by Crippen LogP contribution is -2.32. The third-order valence-corrected chi connectivity index (χ3v) is 3.15. The molecule has 102 valence electrons. The molecule has 1 aromatic heterocycles. The molecule has 5 nitrogen and oxygen atoms in total. The Morgan fingerprint density at radius 1 is 1.37 bits per heavy atom. The van der Waals surface area contributed by atoms with Gasteiger partial charge in [-0.25, -0.2) is 4.68 Å². The van der Waals surface area contributed by atoms with Crippen LogP contribution in [0, 0.1) is 0 Å². The standard InChI is InChI=1S/C14H20N4O/c1-3-5-10-13(15-14(19)4-2)18-12-9-7-6-8-11(12)16-17-18/h6-9,13H,3-5,10H2,1-2H3,(H,15,19). The molecule has 0 aliphatic carbocycles. The van der Waals surface area contributed by atoms with Crippen LogP contribution in [0.25, 0.3) is 11.0 Å². The molecule has 0 spiro atoms. The van der Waals surface area contributed by atoms with Crippen LogP contribution in [0.2, 0.25) is 0 Å². The predicted octanol–water partition coefficient (Wildman–Crippen LogP) is 2.65. The number of hydrogen-bond acceptors (Lipinski definition) is 3. The number of carbonyl (C=O) groups excluding carboxylic acids is 1. The average Bonchev–Trinajstić information content (AvgIpc) is 2.87. The first-order valence-corrected chi connectivity index (χ1v) is 6.85. The molecule has 1 atom stereocenters. The van der Waals surface area contributed by atoms with Crippen LogP contribution in [0.3, 0.4) is 0 Å². The number of nitrogens with one attached hydrogen (secondary N) is 1. The zero-order chi connectivity index (χ0) is 13.7. The van der Waals surface area contributed by atoms with Gasteiger partial charge in [0, 0.05) is 6.42 Å². The summed E-state index contributed by atoms with van der Waals surface area (Å²) in [6.45, 7) is 3.99. The minimum atomic E-state index is -0.111. The van der Waals surface area contributed by atoms with Gasteiger partial charge >= 0.3 is 0 Å². The van der Waals surface area contributed by atoms with E-state index in [1.54, 1.807) is 0 Å². The number of carbonyl (C=O) groups is 1. The summed E-state index contributed by atoms with van der Waals surface area (Å²) in [6, 6.07) is 7.80. The summed E-state index contributed by atoms with van der Waals surface area (Å²) >= 11 is 0. The van der Waals surface area contributed by atoms with E-state index in [2.05, 4.69) is 22.6 Å². The molecule has 1 N–H and O–H groups in total. The van der Waals surface area contributed by atoms with Gasteiger partial charge in [-0.15, -0.1) is 5.10 Å². The third kappa shape index (κ3) is 3.10. The van der Waals surface area contributed by atoms with Crippen LogP contribution in [0.1, 0.15) is 45.7 Å². The van der Waals surface area contributed by atoms with Crippen molar-refractivity contribution >= 4 is 16.9 Å². The topological polar surface area (TPSA) is 59.8 Å². The Labute approximate surface area is 113 Å². The molecule has 0 radical (unpaired) electrons. The zero-order valence-electron chi connectivity index (χ0n) is 11.5. The summed E-state index contributed by atoms with van der Waals surface area (Å²) in [7, 11) is 0. The first kappa shape index (κ1) is 13.5. The first-order valence-electron chi connectivity index (χ1n) is 6.85. The van der Waals surface area contributed by atoms with Crippen molar-refractivity contribution in [3.8, 4) is 0 Å². The first-order chi connectivity index (χ1) is 9.26. The van der Waals surface area contributed by atoms with E-state index in [9.17, 15) is 4.79 Å². The monoisotopic (exact) mass is 260 g/mol. The van der Waals surface area contributed by atoms with Gasteiger partial charge in [0.15, 0.2) is 0 Å². The van der Waals surface area contributed by atoms with E-state index < -0.39 is 0 Å². The SMILES string of the molecule is CCCCC(NC(=O)CC)n1nnc2ccccc21. The fraction of sp³-hybridized carbons (Fsp3) is 0.500. The number of amides is 1. The van der Waals surface area contributed by atoms with Crippen molar-refractivity contribution in [3.63, 3.8) is 0 Å². The second-order valence-corrected chi connectivity index (χ2v) is 4.60. The number of unbranched alkanes of at least 4 members (excludes halogenated alkanes) is 1. The highest BCUT2D eigenvalue weighted by Crippen LogP contribution is 2.18. The van der Waals surface area contributed by atoms with Crippen LogP contribution in [0.4, 0.5) is 0 Å². The molecule has 0 saturated carbocycles. The Balaban J connectivity index is 2.28. The Hall–Kier alpha value is -1.91. The Morgan fingerprint density at radius 3 is 2.89 bits per heavy atom. The number of fused-ring (bicyclic) bond motifs is 1. The number of para-hydroxylation sites is 1. The quantitative estimate of drug-likeness (QED) is 0.868. The van der Waals surface area contributed by atoms with Crippen molar-refractivity contribution in [1.82, 2.24) is 20.3 Å². The summed E-state index contributed by atoms with van der Waals surface area (Å²) in [6.07, 6.45) is 3.37. The lowest BCUT2D eigenvalue weighted by Gasteiger charge is -2.19. The lowest BCUT2D eigenvalue weighted by atomic mass is 10.2. The minimum absolute atomic E-state index is 0.0423. The minimum Gasteiger partial charge on any atom is -0.334 e. The molecule has 0 aliphatic rings. The van der Waals surface area contributed by atoms with Gasteiger partial charge in [-0.2, -0.15) is 0 Å². The van der Waals surface area contributed by atoms with Gasteiger partial charge < -0.3 is 5.32 Å². The van der Waals surface area contributed by atoms with Gasteiger partial charge in [0.25, 0.3) is 0 Å². The van der Waals surface area contributed by atoms with Crippen LogP contribution in [0.15, 0.2) is 24.3 Å². The third-order valence-electron chi connectivity index (χ3n) is 3.15. The van der Waals surface area contributed by atoms with Gasteiger partial charge in [-0.1, -0.05) is 37.6 Å². The molecule has 1 unspecified atom stereocenters. The normalized spacial score (nSPS) is 12.5. The fourth-order valence-corrected chi connectivity index (χ4v) is 2.06. The molecule has 0 bridgehead atoms. The highest BCUT2D eigenvalue weighted by atomic mass is 16.1. The van der Waals surface area contributed by atoms with Crippen LogP contribution < -0.4 is 5.32 Å². The van der Waals surface area contributed by atoms with Crippen LogP contribution in [-0.2, 0) is 4.79 Å². The van der Waals surface area contributed by atoms with Crippen molar-refractivity contribution in [2.75, 3.05) is 0 Å². The summed E-state index contributed by atoms with van der Waals surface area (Å²) in [5.41, 5.74) is 1.81. The summed E-state index contributed by atoms with van der Waals surface area (Å²) < 4.78 is 1.82. The van der Waals surface area contributed by atoms with Crippen molar-refractivity contribution < 1.29 is 4.79 Å². The maximum absolute atomic E-state index is 11.6. The number of aromatic nitrogens is 3. The Bertz CT molecular complexity index is 549. The molecule has 5 heteroatoms. The predicted molar refractivity (Wildman–Crippen MR) is 74.5 cm³/mol. The zero-order valence-corrected chi connectivity index (χ0v) is 11.5. The molecule has 2 rings (SSSR count). The lowest BCUT2D eigenvalue weighted by molar-refractivity contribution is -0.122. The Kier molecular flexibility index (Phi) is 4.49. The molecule has 1 amide bonds.